The molecule has 0 aliphatic heterocycles. The quantitative estimate of drug-likeness (QED) is 0.895. The maximum atomic E-state index is 11.4. The monoisotopic (exact) mass is 270 g/mol. The summed E-state index contributed by atoms with van der Waals surface area (Å²) >= 11 is 0. The molecule has 1 aliphatic carbocycles. The molecule has 0 saturated carbocycles. The Bertz CT molecular complexity index is 699. The molecule has 20 heavy (non-hydrogen) atoms. The highest BCUT2D eigenvalue weighted by atomic mass is 16.4. The minimum absolute atomic E-state index is 0.260. The standard InChI is InChI=1S/C16H14O4/c17-14(18)8-13(16(19)20)12-7-10-5-1-3-9-4-2-6-11(12)15(9)10/h1-6,12-13H,7-8H2,(H,17,18)(H,19,20)/t12-,13+/m0/s1. The van der Waals surface area contributed by atoms with Crippen molar-refractivity contribution in [3.05, 3.63) is 47.5 Å². The summed E-state index contributed by atoms with van der Waals surface area (Å²) in [6.45, 7) is 0. The number of carboxylic acids is 2. The number of hydrogen-bond acceptors (Lipinski definition) is 2. The van der Waals surface area contributed by atoms with E-state index < -0.39 is 17.9 Å². The van der Waals surface area contributed by atoms with Crippen molar-refractivity contribution >= 4 is 22.7 Å². The summed E-state index contributed by atoms with van der Waals surface area (Å²) in [5.74, 6) is -3.25. The van der Waals surface area contributed by atoms with Crippen molar-refractivity contribution < 1.29 is 19.8 Å². The van der Waals surface area contributed by atoms with Crippen LogP contribution in [0.4, 0.5) is 0 Å². The summed E-state index contributed by atoms with van der Waals surface area (Å²) in [4.78, 5) is 22.4. The van der Waals surface area contributed by atoms with Gasteiger partial charge in [-0.2, -0.15) is 0 Å². The van der Waals surface area contributed by atoms with Gasteiger partial charge in [0.15, 0.2) is 0 Å². The first-order valence-corrected chi connectivity index (χ1v) is 6.53. The van der Waals surface area contributed by atoms with Gasteiger partial charge in [0.05, 0.1) is 12.3 Å². The number of carbonyl (C=O) groups is 2. The van der Waals surface area contributed by atoms with Crippen LogP contribution in [-0.4, -0.2) is 22.2 Å². The van der Waals surface area contributed by atoms with Gasteiger partial charge in [-0.25, -0.2) is 0 Å². The van der Waals surface area contributed by atoms with Crippen molar-refractivity contribution in [2.75, 3.05) is 0 Å². The van der Waals surface area contributed by atoms with Crippen LogP contribution in [0.5, 0.6) is 0 Å². The van der Waals surface area contributed by atoms with E-state index in [1.807, 2.05) is 36.4 Å². The van der Waals surface area contributed by atoms with Crippen LogP contribution in [0.25, 0.3) is 10.8 Å². The van der Waals surface area contributed by atoms with Crippen LogP contribution in [0.3, 0.4) is 0 Å². The molecular formula is C16H14O4. The Kier molecular flexibility index (Phi) is 2.93. The van der Waals surface area contributed by atoms with Crippen molar-refractivity contribution in [3.63, 3.8) is 0 Å². The fourth-order valence-electron chi connectivity index (χ4n) is 3.22. The van der Waals surface area contributed by atoms with E-state index in [1.165, 1.54) is 0 Å². The topological polar surface area (TPSA) is 74.6 Å². The van der Waals surface area contributed by atoms with E-state index in [0.29, 0.717) is 6.42 Å². The van der Waals surface area contributed by atoms with E-state index in [9.17, 15) is 14.7 Å². The van der Waals surface area contributed by atoms with Crippen molar-refractivity contribution in [2.45, 2.75) is 18.8 Å². The van der Waals surface area contributed by atoms with Crippen LogP contribution >= 0.6 is 0 Å². The molecule has 0 bridgehead atoms. The SMILES string of the molecule is O=C(O)C[C@@H](C(=O)O)[C@H]1Cc2cccc3cccc1c23. The lowest BCUT2D eigenvalue weighted by molar-refractivity contribution is -0.149. The van der Waals surface area contributed by atoms with Gasteiger partial charge in [0.25, 0.3) is 0 Å². The fourth-order valence-corrected chi connectivity index (χ4v) is 3.22. The zero-order valence-corrected chi connectivity index (χ0v) is 10.7. The molecule has 0 amide bonds. The van der Waals surface area contributed by atoms with Gasteiger partial charge in [0.1, 0.15) is 0 Å². The Labute approximate surface area is 115 Å². The van der Waals surface area contributed by atoms with Gasteiger partial charge < -0.3 is 10.2 Å². The van der Waals surface area contributed by atoms with Gasteiger partial charge in [-0.15, -0.1) is 0 Å². The van der Waals surface area contributed by atoms with Crippen LogP contribution in [0.2, 0.25) is 0 Å². The van der Waals surface area contributed by atoms with Gasteiger partial charge in [-0.1, -0.05) is 36.4 Å². The lowest BCUT2D eigenvalue weighted by Crippen LogP contribution is -2.24. The van der Waals surface area contributed by atoms with Gasteiger partial charge in [0, 0.05) is 5.92 Å². The van der Waals surface area contributed by atoms with Gasteiger partial charge in [0.2, 0.25) is 0 Å². The molecule has 1 aliphatic rings. The van der Waals surface area contributed by atoms with Crippen LogP contribution in [-0.2, 0) is 16.0 Å². The molecule has 0 spiro atoms. The highest BCUT2D eigenvalue weighted by Gasteiger charge is 2.36. The summed E-state index contributed by atoms with van der Waals surface area (Å²) in [7, 11) is 0. The van der Waals surface area contributed by atoms with Crippen molar-refractivity contribution in [3.8, 4) is 0 Å². The molecule has 2 atom stereocenters. The summed E-state index contributed by atoms with van der Waals surface area (Å²) in [5.41, 5.74) is 2.08. The average Bonchev–Trinajstić information content (AvgIpc) is 2.77. The minimum atomic E-state index is -1.07. The second kappa shape index (κ2) is 4.63. The summed E-state index contributed by atoms with van der Waals surface area (Å²) in [6.07, 6.45) is 0.255. The smallest absolute Gasteiger partial charge is 0.307 e. The Morgan fingerprint density at radius 2 is 1.85 bits per heavy atom. The molecule has 0 saturated heterocycles. The second-order valence-electron chi connectivity index (χ2n) is 5.22. The molecule has 3 rings (SSSR count). The van der Waals surface area contributed by atoms with Crippen molar-refractivity contribution in [1.82, 2.24) is 0 Å². The lowest BCUT2D eigenvalue weighted by atomic mass is 9.84. The number of rotatable bonds is 4. The summed E-state index contributed by atoms with van der Waals surface area (Å²) in [6, 6.07) is 11.8. The van der Waals surface area contributed by atoms with Gasteiger partial charge >= 0.3 is 11.9 Å². The largest absolute Gasteiger partial charge is 0.481 e. The fraction of sp³-hybridized carbons (Fsp3) is 0.250. The van der Waals surface area contributed by atoms with E-state index in [0.717, 1.165) is 21.9 Å². The third-order valence-corrected chi connectivity index (χ3v) is 4.06. The predicted molar refractivity (Wildman–Crippen MR) is 73.8 cm³/mol. The van der Waals surface area contributed by atoms with Crippen LogP contribution in [0.15, 0.2) is 36.4 Å². The number of hydrogen-bond donors (Lipinski definition) is 2. The van der Waals surface area contributed by atoms with Crippen molar-refractivity contribution in [1.29, 1.82) is 0 Å². The third kappa shape index (κ3) is 1.93. The zero-order valence-electron chi connectivity index (χ0n) is 10.7. The van der Waals surface area contributed by atoms with E-state index in [1.54, 1.807) is 0 Å². The summed E-state index contributed by atoms with van der Waals surface area (Å²) in [5, 5.41) is 20.5. The first-order valence-electron chi connectivity index (χ1n) is 6.53. The second-order valence-corrected chi connectivity index (χ2v) is 5.22. The Morgan fingerprint density at radius 3 is 2.50 bits per heavy atom. The van der Waals surface area contributed by atoms with Crippen LogP contribution in [0, 0.1) is 5.92 Å². The van der Waals surface area contributed by atoms with Crippen LogP contribution < -0.4 is 0 Å². The highest BCUT2D eigenvalue weighted by molar-refractivity contribution is 5.92. The average molecular weight is 270 g/mol. The number of carboxylic acid groups (broad SMARTS) is 2. The first-order chi connectivity index (χ1) is 9.58. The molecule has 4 nitrogen and oxygen atoms in total. The highest BCUT2D eigenvalue weighted by Crippen LogP contribution is 2.43. The molecule has 2 aromatic rings. The van der Waals surface area contributed by atoms with E-state index in [4.69, 9.17) is 5.11 Å². The Balaban J connectivity index is 2.09. The van der Waals surface area contributed by atoms with Crippen molar-refractivity contribution in [2.24, 2.45) is 5.92 Å². The maximum Gasteiger partial charge on any atom is 0.307 e. The van der Waals surface area contributed by atoms with Gasteiger partial charge in [-0.05, 0) is 28.3 Å². The molecule has 0 heterocycles. The van der Waals surface area contributed by atoms with E-state index >= 15 is 0 Å². The molecule has 4 heteroatoms. The molecule has 0 unspecified atom stereocenters. The number of aliphatic carboxylic acids is 2. The maximum absolute atomic E-state index is 11.4. The van der Waals surface area contributed by atoms with E-state index in [-0.39, 0.29) is 12.3 Å². The lowest BCUT2D eigenvalue weighted by Gasteiger charge is -2.19. The minimum Gasteiger partial charge on any atom is -0.481 e. The number of benzene rings is 2. The molecular weight excluding hydrogens is 256 g/mol. The van der Waals surface area contributed by atoms with E-state index in [2.05, 4.69) is 0 Å². The molecule has 2 N–H and O–H groups in total. The molecule has 2 aromatic carbocycles. The normalized spacial score (nSPS) is 18.1. The Morgan fingerprint density at radius 1 is 1.15 bits per heavy atom. The van der Waals surface area contributed by atoms with Gasteiger partial charge in [-0.3, -0.25) is 9.59 Å². The van der Waals surface area contributed by atoms with Crippen LogP contribution in [0.1, 0.15) is 23.5 Å². The zero-order chi connectivity index (χ0) is 14.3. The molecule has 0 radical (unpaired) electrons. The Hall–Kier alpha value is -2.36. The molecule has 0 aromatic heterocycles. The first kappa shape index (κ1) is 12.7. The summed E-state index contributed by atoms with van der Waals surface area (Å²) < 4.78 is 0. The third-order valence-electron chi connectivity index (χ3n) is 4.06. The molecule has 102 valence electrons. The molecule has 0 fully saturated rings. The predicted octanol–water partition coefficient (Wildman–Crippen LogP) is 2.66.